The summed E-state index contributed by atoms with van der Waals surface area (Å²) in [6.07, 6.45) is 30.9. The van der Waals surface area contributed by atoms with E-state index in [-0.39, 0.29) is 0 Å². The molecule has 0 N–H and O–H groups in total. The van der Waals surface area contributed by atoms with Crippen molar-refractivity contribution in [3.63, 3.8) is 0 Å². The predicted molar refractivity (Wildman–Crippen MR) is 126 cm³/mol. The molecule has 0 bridgehead atoms. The Morgan fingerprint density at radius 1 is 0.500 bits per heavy atom. The van der Waals surface area contributed by atoms with E-state index >= 15 is 0 Å². The molecule has 28 heavy (non-hydrogen) atoms. The Balaban J connectivity index is 2.07. The van der Waals surface area contributed by atoms with Crippen LogP contribution in [0.15, 0.2) is 12.4 Å². The third kappa shape index (κ3) is 12.0. The molecule has 2 nitrogen and oxygen atoms in total. The van der Waals surface area contributed by atoms with E-state index in [0.717, 1.165) is 6.54 Å². The van der Waals surface area contributed by atoms with Crippen LogP contribution in [-0.2, 0) is 0 Å². The van der Waals surface area contributed by atoms with Crippen molar-refractivity contribution in [3.8, 4) is 0 Å². The van der Waals surface area contributed by atoms with E-state index in [9.17, 15) is 0 Å². The quantitative estimate of drug-likeness (QED) is 0.192. The highest BCUT2D eigenvalue weighted by atomic mass is 15.4. The second-order valence-corrected chi connectivity index (χ2v) is 8.94. The molecule has 0 saturated carbocycles. The minimum atomic E-state index is 0.638. The number of hydrogen-bond acceptors (Lipinski definition) is 2. The monoisotopic (exact) mass is 392 g/mol. The van der Waals surface area contributed by atoms with Crippen molar-refractivity contribution in [3.05, 3.63) is 12.4 Å². The number of nitrogens with zero attached hydrogens (tertiary/aromatic N) is 2. The molecule has 0 spiro atoms. The van der Waals surface area contributed by atoms with Gasteiger partial charge in [0.2, 0.25) is 0 Å². The van der Waals surface area contributed by atoms with E-state index < -0.39 is 0 Å². The smallest absolute Gasteiger partial charge is 0.101 e. The Morgan fingerprint density at radius 2 is 0.929 bits per heavy atom. The Kier molecular flexibility index (Phi) is 16.7. The summed E-state index contributed by atoms with van der Waals surface area (Å²) in [4.78, 5) is 5.18. The van der Waals surface area contributed by atoms with Gasteiger partial charge in [0, 0.05) is 25.5 Å². The van der Waals surface area contributed by atoms with Gasteiger partial charge in [0.05, 0.1) is 0 Å². The Hall–Kier alpha value is -0.660. The molecule has 0 radical (unpaired) electrons. The fourth-order valence-electron chi connectivity index (χ4n) is 4.50. The summed E-state index contributed by atoms with van der Waals surface area (Å²) in [5.74, 6) is 0. The normalized spacial score (nSPS) is 16.5. The molecule has 166 valence electrons. The van der Waals surface area contributed by atoms with Crippen LogP contribution in [0.4, 0.5) is 0 Å². The van der Waals surface area contributed by atoms with Crippen molar-refractivity contribution in [2.45, 2.75) is 143 Å². The SMILES string of the molecule is CCCCCCCCCCCN1C=CN(CC)C1CCCCCCCCCC. The largest absolute Gasteiger partial charge is 0.356 e. The molecule has 1 rings (SSSR count). The summed E-state index contributed by atoms with van der Waals surface area (Å²) in [7, 11) is 0. The van der Waals surface area contributed by atoms with Crippen molar-refractivity contribution >= 4 is 0 Å². The molecule has 1 aliphatic heterocycles. The van der Waals surface area contributed by atoms with Crippen LogP contribution < -0.4 is 0 Å². The van der Waals surface area contributed by atoms with Gasteiger partial charge in [-0.15, -0.1) is 0 Å². The van der Waals surface area contributed by atoms with E-state index in [4.69, 9.17) is 0 Å². The highest BCUT2D eigenvalue weighted by Crippen LogP contribution is 2.22. The predicted octanol–water partition coefficient (Wildman–Crippen LogP) is 8.48. The first-order valence-corrected chi connectivity index (χ1v) is 13.0. The third-order valence-corrected chi connectivity index (χ3v) is 6.42. The second-order valence-electron chi connectivity index (χ2n) is 8.94. The van der Waals surface area contributed by atoms with Crippen LogP contribution >= 0.6 is 0 Å². The molecule has 1 unspecified atom stereocenters. The molecule has 0 aliphatic carbocycles. The van der Waals surface area contributed by atoms with Crippen molar-refractivity contribution < 1.29 is 0 Å². The molecule has 0 amide bonds. The minimum absolute atomic E-state index is 0.638. The van der Waals surface area contributed by atoms with Gasteiger partial charge in [-0.05, 0) is 26.2 Å². The summed E-state index contributed by atoms with van der Waals surface area (Å²) < 4.78 is 0. The summed E-state index contributed by atoms with van der Waals surface area (Å²) in [6.45, 7) is 9.30. The Morgan fingerprint density at radius 3 is 1.43 bits per heavy atom. The summed E-state index contributed by atoms with van der Waals surface area (Å²) in [5, 5.41) is 0. The van der Waals surface area contributed by atoms with Crippen LogP contribution in [-0.4, -0.2) is 29.1 Å². The van der Waals surface area contributed by atoms with Gasteiger partial charge in [0.1, 0.15) is 6.17 Å². The zero-order chi connectivity index (χ0) is 20.3. The van der Waals surface area contributed by atoms with Gasteiger partial charge in [-0.1, -0.05) is 110 Å². The summed E-state index contributed by atoms with van der Waals surface area (Å²) >= 11 is 0. The second kappa shape index (κ2) is 18.4. The molecule has 0 saturated heterocycles. The van der Waals surface area contributed by atoms with Gasteiger partial charge < -0.3 is 9.80 Å². The standard InChI is InChI=1S/C26H52N2/c1-4-7-9-11-13-15-17-19-21-23-28-25-24-27(6-3)26(28)22-20-18-16-14-12-10-8-5-2/h24-26H,4-23H2,1-3H3. The van der Waals surface area contributed by atoms with Gasteiger partial charge >= 0.3 is 0 Å². The molecule has 1 heterocycles. The van der Waals surface area contributed by atoms with Gasteiger partial charge in [-0.3, -0.25) is 0 Å². The van der Waals surface area contributed by atoms with Gasteiger partial charge in [-0.2, -0.15) is 0 Å². The number of unbranched alkanes of at least 4 members (excludes halogenated alkanes) is 15. The van der Waals surface area contributed by atoms with Crippen LogP contribution in [0.2, 0.25) is 0 Å². The van der Waals surface area contributed by atoms with Crippen LogP contribution in [0.3, 0.4) is 0 Å². The average molecular weight is 393 g/mol. The molecule has 0 aromatic heterocycles. The maximum absolute atomic E-state index is 2.63. The van der Waals surface area contributed by atoms with E-state index in [2.05, 4.69) is 43.0 Å². The van der Waals surface area contributed by atoms with Gasteiger partial charge in [0.25, 0.3) is 0 Å². The van der Waals surface area contributed by atoms with Gasteiger partial charge in [-0.25, -0.2) is 0 Å². The van der Waals surface area contributed by atoms with E-state index in [0.29, 0.717) is 6.17 Å². The molecule has 1 atom stereocenters. The molecular weight excluding hydrogens is 340 g/mol. The highest BCUT2D eigenvalue weighted by molar-refractivity contribution is 4.96. The van der Waals surface area contributed by atoms with Crippen LogP contribution in [0.5, 0.6) is 0 Å². The van der Waals surface area contributed by atoms with Crippen molar-refractivity contribution in [2.75, 3.05) is 13.1 Å². The topological polar surface area (TPSA) is 6.48 Å². The summed E-state index contributed by atoms with van der Waals surface area (Å²) in [6, 6.07) is 0. The number of rotatable bonds is 20. The van der Waals surface area contributed by atoms with E-state index in [1.54, 1.807) is 0 Å². The average Bonchev–Trinajstić information content (AvgIpc) is 3.10. The number of hydrogen-bond donors (Lipinski definition) is 0. The molecular formula is C26H52N2. The van der Waals surface area contributed by atoms with Crippen LogP contribution in [0.1, 0.15) is 136 Å². The molecule has 2 heteroatoms. The van der Waals surface area contributed by atoms with Crippen molar-refractivity contribution in [1.29, 1.82) is 0 Å². The maximum atomic E-state index is 2.63. The molecule has 0 aromatic carbocycles. The third-order valence-electron chi connectivity index (χ3n) is 6.42. The zero-order valence-corrected chi connectivity index (χ0v) is 19.8. The van der Waals surface area contributed by atoms with E-state index in [1.807, 2.05) is 0 Å². The first kappa shape index (κ1) is 25.4. The van der Waals surface area contributed by atoms with Crippen molar-refractivity contribution in [2.24, 2.45) is 0 Å². The lowest BCUT2D eigenvalue weighted by molar-refractivity contribution is 0.142. The van der Waals surface area contributed by atoms with E-state index in [1.165, 1.54) is 122 Å². The Labute approximate surface area is 178 Å². The van der Waals surface area contributed by atoms with Gasteiger partial charge in [0.15, 0.2) is 0 Å². The first-order valence-electron chi connectivity index (χ1n) is 13.0. The highest BCUT2D eigenvalue weighted by Gasteiger charge is 2.23. The van der Waals surface area contributed by atoms with Crippen molar-refractivity contribution in [1.82, 2.24) is 9.80 Å². The first-order chi connectivity index (χ1) is 13.8. The molecule has 1 aliphatic rings. The summed E-state index contributed by atoms with van der Waals surface area (Å²) in [5.41, 5.74) is 0. The lowest BCUT2D eigenvalue weighted by Gasteiger charge is -2.32. The molecule has 0 aromatic rings. The fraction of sp³-hybridized carbons (Fsp3) is 0.923. The van der Waals surface area contributed by atoms with Crippen LogP contribution in [0.25, 0.3) is 0 Å². The minimum Gasteiger partial charge on any atom is -0.356 e. The zero-order valence-electron chi connectivity index (χ0n) is 19.8. The lowest BCUT2D eigenvalue weighted by Crippen LogP contribution is -2.38. The maximum Gasteiger partial charge on any atom is 0.101 e. The van der Waals surface area contributed by atoms with Crippen LogP contribution in [0, 0.1) is 0 Å². The fourth-order valence-corrected chi connectivity index (χ4v) is 4.50. The molecule has 0 fully saturated rings. The lowest BCUT2D eigenvalue weighted by atomic mass is 10.1. The Bertz CT molecular complexity index is 352.